The van der Waals surface area contributed by atoms with E-state index < -0.39 is 15.9 Å². The third-order valence-electron chi connectivity index (χ3n) is 5.83. The van der Waals surface area contributed by atoms with Crippen LogP contribution < -0.4 is 0 Å². The van der Waals surface area contributed by atoms with Gasteiger partial charge in [0.1, 0.15) is 6.54 Å². The zero-order chi connectivity index (χ0) is 24.3. The van der Waals surface area contributed by atoms with Gasteiger partial charge in [-0.1, -0.05) is 42.8 Å². The van der Waals surface area contributed by atoms with Crippen molar-refractivity contribution in [2.45, 2.75) is 45.1 Å². The van der Waals surface area contributed by atoms with Gasteiger partial charge in [-0.3, -0.25) is 4.79 Å². The number of aryl methyl sites for hydroxylation is 1. The van der Waals surface area contributed by atoms with Crippen LogP contribution in [0.1, 0.15) is 38.1 Å². The molecule has 34 heavy (non-hydrogen) atoms. The first-order valence-electron chi connectivity index (χ1n) is 11.5. The number of hydrogen-bond acceptors (Lipinski definition) is 7. The zero-order valence-corrected chi connectivity index (χ0v) is 21.3. The number of rotatable bonds is 8. The molecule has 0 saturated carbocycles. The molecule has 0 aliphatic carbocycles. The van der Waals surface area contributed by atoms with Crippen LogP contribution in [0.2, 0.25) is 0 Å². The second kappa shape index (κ2) is 10.4. The van der Waals surface area contributed by atoms with E-state index in [-0.39, 0.29) is 29.8 Å². The van der Waals surface area contributed by atoms with Crippen molar-refractivity contribution in [2.24, 2.45) is 11.8 Å². The van der Waals surface area contributed by atoms with Crippen molar-refractivity contribution < 1.29 is 17.7 Å². The topological polar surface area (TPSA) is 96.6 Å². The summed E-state index contributed by atoms with van der Waals surface area (Å²) >= 11 is 1.52. The highest BCUT2D eigenvalue weighted by Crippen LogP contribution is 2.27. The van der Waals surface area contributed by atoms with Crippen LogP contribution in [0.4, 0.5) is 0 Å². The third-order valence-corrected chi connectivity index (χ3v) is 8.57. The molecule has 4 rings (SSSR count). The lowest BCUT2D eigenvalue weighted by atomic mass is 9.97. The fraction of sp³-hybridized carbons (Fsp3) is 0.458. The molecule has 0 unspecified atom stereocenters. The van der Waals surface area contributed by atoms with Gasteiger partial charge in [0.05, 0.1) is 15.7 Å². The second-order valence-electron chi connectivity index (χ2n) is 9.12. The van der Waals surface area contributed by atoms with Gasteiger partial charge < -0.3 is 9.42 Å². The number of piperidine rings is 1. The first kappa shape index (κ1) is 24.6. The lowest BCUT2D eigenvalue weighted by molar-refractivity contribution is -0.138. The molecule has 1 aliphatic heterocycles. The van der Waals surface area contributed by atoms with Crippen LogP contribution in [-0.4, -0.2) is 53.3 Å². The van der Waals surface area contributed by atoms with Crippen LogP contribution in [0.3, 0.4) is 0 Å². The average molecular weight is 503 g/mol. The number of carbonyl (C=O) groups excluding carboxylic acids is 1. The van der Waals surface area contributed by atoms with Crippen molar-refractivity contribution in [3.63, 3.8) is 0 Å². The van der Waals surface area contributed by atoms with Gasteiger partial charge in [0, 0.05) is 19.6 Å². The van der Waals surface area contributed by atoms with Gasteiger partial charge in [-0.25, -0.2) is 8.42 Å². The number of amides is 1. The summed E-state index contributed by atoms with van der Waals surface area (Å²) < 4.78 is 33.2. The van der Waals surface area contributed by atoms with Crippen LogP contribution in [0, 0.1) is 18.8 Å². The highest BCUT2D eigenvalue weighted by molar-refractivity contribution is 7.89. The molecule has 182 valence electrons. The second-order valence-corrected chi connectivity index (χ2v) is 12.0. The lowest BCUT2D eigenvalue weighted by Crippen LogP contribution is -2.47. The van der Waals surface area contributed by atoms with Crippen LogP contribution >= 0.6 is 11.3 Å². The number of thiophene rings is 1. The van der Waals surface area contributed by atoms with Crippen molar-refractivity contribution in [1.82, 2.24) is 19.3 Å². The molecular weight excluding hydrogens is 472 g/mol. The highest BCUT2D eigenvalue weighted by Gasteiger charge is 2.35. The van der Waals surface area contributed by atoms with Crippen LogP contribution in [0.25, 0.3) is 10.7 Å². The van der Waals surface area contributed by atoms with Gasteiger partial charge in [0.25, 0.3) is 0 Å². The van der Waals surface area contributed by atoms with Crippen molar-refractivity contribution in [1.29, 1.82) is 0 Å². The maximum atomic E-state index is 13.5. The van der Waals surface area contributed by atoms with Gasteiger partial charge in [0.15, 0.2) is 0 Å². The Morgan fingerprint density at radius 2 is 2.03 bits per heavy atom. The molecule has 0 spiro atoms. The summed E-state index contributed by atoms with van der Waals surface area (Å²) in [4.78, 5) is 20.9. The van der Waals surface area contributed by atoms with E-state index >= 15 is 0 Å². The Balaban J connectivity index is 1.49. The number of benzene rings is 1. The fourth-order valence-electron chi connectivity index (χ4n) is 4.14. The molecule has 0 N–H and O–H groups in total. The third kappa shape index (κ3) is 5.56. The fourth-order valence-corrected chi connectivity index (χ4v) is 6.31. The molecule has 8 nitrogen and oxygen atoms in total. The molecule has 1 atom stereocenters. The Labute approximate surface area is 204 Å². The largest absolute Gasteiger partial charge is 0.337 e. The number of aromatic nitrogens is 2. The standard InChI is InChI=1S/C24H30N4O4S2/c1-17(2)14-27(16-22-25-23(26-32-22)21-7-5-13-33-21)24(29)19-6-4-12-28(15-19)34(30,31)20-10-8-18(3)9-11-20/h5,7-11,13,17,19H,4,6,12,14-16H2,1-3H3/t19-/m0/s1. The number of carbonyl (C=O) groups is 1. The molecule has 3 aromatic rings. The Kier molecular flexibility index (Phi) is 7.49. The van der Waals surface area contributed by atoms with Gasteiger partial charge in [0.2, 0.25) is 27.6 Å². The maximum Gasteiger partial charge on any atom is 0.246 e. The molecular formula is C24H30N4O4S2. The maximum absolute atomic E-state index is 13.5. The molecule has 1 amide bonds. The van der Waals surface area contributed by atoms with Crippen LogP contribution in [0.5, 0.6) is 0 Å². The van der Waals surface area contributed by atoms with E-state index in [1.54, 1.807) is 29.2 Å². The van der Waals surface area contributed by atoms with E-state index in [1.807, 2.05) is 38.3 Å². The van der Waals surface area contributed by atoms with Crippen molar-refractivity contribution in [3.8, 4) is 10.7 Å². The zero-order valence-electron chi connectivity index (χ0n) is 19.7. The van der Waals surface area contributed by atoms with E-state index in [9.17, 15) is 13.2 Å². The quantitative estimate of drug-likeness (QED) is 0.458. The summed E-state index contributed by atoms with van der Waals surface area (Å²) in [5, 5.41) is 5.99. The Morgan fingerprint density at radius 1 is 1.26 bits per heavy atom. The Morgan fingerprint density at radius 3 is 2.71 bits per heavy atom. The minimum Gasteiger partial charge on any atom is -0.337 e. The monoisotopic (exact) mass is 502 g/mol. The number of nitrogens with zero attached hydrogens (tertiary/aromatic N) is 4. The van der Waals surface area contributed by atoms with E-state index in [2.05, 4.69) is 10.1 Å². The normalized spacial score (nSPS) is 17.2. The van der Waals surface area contributed by atoms with Gasteiger partial charge >= 0.3 is 0 Å². The van der Waals surface area contributed by atoms with Gasteiger partial charge in [-0.2, -0.15) is 9.29 Å². The van der Waals surface area contributed by atoms with Crippen LogP contribution in [0.15, 0.2) is 51.2 Å². The predicted octanol–water partition coefficient (Wildman–Crippen LogP) is 4.19. The molecule has 3 heterocycles. The van der Waals surface area contributed by atoms with E-state index in [0.29, 0.717) is 37.6 Å². The Hall–Kier alpha value is -2.56. The Bertz CT molecular complexity index is 1200. The summed E-state index contributed by atoms with van der Waals surface area (Å²) in [6.45, 7) is 7.32. The summed E-state index contributed by atoms with van der Waals surface area (Å²) in [5.41, 5.74) is 0.998. The van der Waals surface area contributed by atoms with E-state index in [1.165, 1.54) is 15.6 Å². The molecule has 1 aromatic carbocycles. The van der Waals surface area contributed by atoms with Gasteiger partial charge in [-0.15, -0.1) is 11.3 Å². The smallest absolute Gasteiger partial charge is 0.246 e. The van der Waals surface area contributed by atoms with E-state index in [4.69, 9.17) is 4.52 Å². The lowest BCUT2D eigenvalue weighted by Gasteiger charge is -2.34. The SMILES string of the molecule is Cc1ccc(S(=O)(=O)N2CCC[C@H](C(=O)N(Cc3nc(-c4cccs4)no3)CC(C)C)C2)cc1. The summed E-state index contributed by atoms with van der Waals surface area (Å²) in [6.07, 6.45) is 1.29. The molecule has 1 saturated heterocycles. The van der Waals surface area contributed by atoms with Gasteiger partial charge in [-0.05, 0) is 49.3 Å². The first-order chi connectivity index (χ1) is 16.2. The molecule has 1 fully saturated rings. The minimum absolute atomic E-state index is 0.0756. The average Bonchev–Trinajstić information content (AvgIpc) is 3.50. The number of hydrogen-bond donors (Lipinski definition) is 0. The summed E-state index contributed by atoms with van der Waals surface area (Å²) in [6, 6.07) is 10.7. The molecule has 10 heteroatoms. The minimum atomic E-state index is -3.65. The molecule has 2 aromatic heterocycles. The van der Waals surface area contributed by atoms with Crippen molar-refractivity contribution >= 4 is 27.3 Å². The first-order valence-corrected chi connectivity index (χ1v) is 13.8. The van der Waals surface area contributed by atoms with E-state index in [0.717, 1.165) is 10.4 Å². The summed E-state index contributed by atoms with van der Waals surface area (Å²) in [5.74, 6) is 0.632. The molecule has 0 bridgehead atoms. The molecule has 1 aliphatic rings. The van der Waals surface area contributed by atoms with Crippen molar-refractivity contribution in [2.75, 3.05) is 19.6 Å². The highest BCUT2D eigenvalue weighted by atomic mass is 32.2. The predicted molar refractivity (Wildman–Crippen MR) is 131 cm³/mol. The number of sulfonamides is 1. The summed E-state index contributed by atoms with van der Waals surface area (Å²) in [7, 11) is -3.65. The van der Waals surface area contributed by atoms with Crippen molar-refractivity contribution in [3.05, 3.63) is 53.2 Å². The van der Waals surface area contributed by atoms with Crippen LogP contribution in [-0.2, 0) is 21.4 Å². The molecule has 0 radical (unpaired) electrons.